The van der Waals surface area contributed by atoms with E-state index in [0.717, 1.165) is 44.8 Å². The van der Waals surface area contributed by atoms with Gasteiger partial charge in [-0.25, -0.2) is 4.39 Å². The number of hydrogen-bond donors (Lipinski definition) is 1. The first-order chi connectivity index (χ1) is 12.9. The smallest absolute Gasteiger partial charge is 0.227 e. The molecular formula is C20H29FN4O2. The van der Waals surface area contributed by atoms with Crippen molar-refractivity contribution < 1.29 is 14.0 Å². The van der Waals surface area contributed by atoms with Gasteiger partial charge in [-0.15, -0.1) is 0 Å². The maximum absolute atomic E-state index is 13.0. The molecule has 1 N–H and O–H groups in total. The van der Waals surface area contributed by atoms with Crippen molar-refractivity contribution in [3.63, 3.8) is 0 Å². The van der Waals surface area contributed by atoms with Crippen molar-refractivity contribution in [3.05, 3.63) is 30.1 Å². The maximum atomic E-state index is 13.0. The van der Waals surface area contributed by atoms with Gasteiger partial charge in [0.15, 0.2) is 0 Å². The first kappa shape index (κ1) is 19.6. The Balaban J connectivity index is 1.38. The first-order valence-corrected chi connectivity index (χ1v) is 9.64. The number of likely N-dealkylation sites (tertiary alicyclic amines) is 1. The Morgan fingerprint density at radius 1 is 1.11 bits per heavy atom. The highest BCUT2D eigenvalue weighted by Gasteiger charge is 2.41. The monoisotopic (exact) mass is 376 g/mol. The molecule has 2 amide bonds. The summed E-state index contributed by atoms with van der Waals surface area (Å²) in [6.45, 7) is 9.71. The fourth-order valence-corrected chi connectivity index (χ4v) is 3.84. The Labute approximate surface area is 160 Å². The van der Waals surface area contributed by atoms with E-state index < -0.39 is 5.41 Å². The number of hydrogen-bond acceptors (Lipinski definition) is 4. The molecule has 2 fully saturated rings. The third-order valence-corrected chi connectivity index (χ3v) is 5.74. The number of anilines is 1. The van der Waals surface area contributed by atoms with Gasteiger partial charge in [-0.05, 0) is 37.6 Å². The van der Waals surface area contributed by atoms with Gasteiger partial charge in [-0.1, -0.05) is 0 Å². The summed E-state index contributed by atoms with van der Waals surface area (Å²) in [5.74, 6) is -0.141. The van der Waals surface area contributed by atoms with E-state index in [1.807, 2.05) is 19.1 Å². The number of nitrogens with one attached hydrogen (secondary N) is 1. The Hall–Kier alpha value is -2.15. The molecule has 1 aromatic rings. The van der Waals surface area contributed by atoms with Gasteiger partial charge >= 0.3 is 0 Å². The van der Waals surface area contributed by atoms with Gasteiger partial charge in [0, 0.05) is 65.0 Å². The minimum atomic E-state index is -0.479. The highest BCUT2D eigenvalue weighted by molar-refractivity contribution is 5.84. The van der Waals surface area contributed by atoms with E-state index in [-0.39, 0.29) is 17.6 Å². The van der Waals surface area contributed by atoms with E-state index in [4.69, 9.17) is 0 Å². The first-order valence-electron chi connectivity index (χ1n) is 9.64. The van der Waals surface area contributed by atoms with Gasteiger partial charge < -0.3 is 15.1 Å². The second-order valence-corrected chi connectivity index (χ2v) is 7.81. The molecule has 27 heavy (non-hydrogen) atoms. The summed E-state index contributed by atoms with van der Waals surface area (Å²) in [6, 6.07) is 6.62. The Morgan fingerprint density at radius 3 is 2.37 bits per heavy atom. The fourth-order valence-electron chi connectivity index (χ4n) is 3.84. The molecule has 0 radical (unpaired) electrons. The zero-order valence-electron chi connectivity index (χ0n) is 16.2. The van der Waals surface area contributed by atoms with Gasteiger partial charge in [0.05, 0.1) is 5.41 Å². The van der Waals surface area contributed by atoms with Crippen molar-refractivity contribution in [1.82, 2.24) is 15.1 Å². The molecule has 1 unspecified atom stereocenters. The molecule has 2 saturated heterocycles. The SMILES string of the molecule is CC(=O)N1CCC(C)(C(=O)NCCN2CCN(c3ccc(F)cc3)CC2)C1. The zero-order chi connectivity index (χ0) is 19.4. The van der Waals surface area contributed by atoms with Crippen LogP contribution in [0.15, 0.2) is 24.3 Å². The molecule has 2 aliphatic rings. The van der Waals surface area contributed by atoms with Crippen molar-refractivity contribution in [2.45, 2.75) is 20.3 Å². The third kappa shape index (κ3) is 4.77. The molecule has 6 nitrogen and oxygen atoms in total. The summed E-state index contributed by atoms with van der Waals surface area (Å²) in [7, 11) is 0. The number of carbonyl (C=O) groups excluding carboxylic acids is 2. The molecule has 0 aromatic heterocycles. The number of amides is 2. The summed E-state index contributed by atoms with van der Waals surface area (Å²) in [6.07, 6.45) is 0.717. The lowest BCUT2D eigenvalue weighted by Gasteiger charge is -2.36. The lowest BCUT2D eigenvalue weighted by atomic mass is 9.89. The highest BCUT2D eigenvalue weighted by Crippen LogP contribution is 2.30. The van der Waals surface area contributed by atoms with Gasteiger partial charge in [0.25, 0.3) is 0 Å². The summed E-state index contributed by atoms with van der Waals surface area (Å²) in [4.78, 5) is 30.4. The highest BCUT2D eigenvalue weighted by atomic mass is 19.1. The van der Waals surface area contributed by atoms with Gasteiger partial charge in [0.1, 0.15) is 5.82 Å². The molecule has 1 atom stereocenters. The Kier molecular flexibility index (Phi) is 5.99. The number of rotatable bonds is 5. The van der Waals surface area contributed by atoms with Crippen LogP contribution in [-0.4, -0.2) is 74.0 Å². The molecule has 0 spiro atoms. The van der Waals surface area contributed by atoms with Crippen LogP contribution in [0.5, 0.6) is 0 Å². The van der Waals surface area contributed by atoms with Crippen LogP contribution < -0.4 is 10.2 Å². The van der Waals surface area contributed by atoms with Crippen molar-refractivity contribution in [2.75, 3.05) is 57.3 Å². The van der Waals surface area contributed by atoms with E-state index in [9.17, 15) is 14.0 Å². The predicted molar refractivity (Wildman–Crippen MR) is 103 cm³/mol. The predicted octanol–water partition coefficient (Wildman–Crippen LogP) is 1.32. The molecular weight excluding hydrogens is 347 g/mol. The number of nitrogens with zero attached hydrogens (tertiary/aromatic N) is 3. The molecule has 2 heterocycles. The van der Waals surface area contributed by atoms with Crippen molar-refractivity contribution >= 4 is 17.5 Å². The van der Waals surface area contributed by atoms with Crippen LogP contribution in [0.1, 0.15) is 20.3 Å². The molecule has 7 heteroatoms. The van der Waals surface area contributed by atoms with Crippen molar-refractivity contribution in [3.8, 4) is 0 Å². The lowest BCUT2D eigenvalue weighted by Crippen LogP contribution is -2.49. The van der Waals surface area contributed by atoms with E-state index in [1.165, 1.54) is 12.1 Å². The molecule has 2 aliphatic heterocycles. The van der Waals surface area contributed by atoms with E-state index in [0.29, 0.717) is 19.6 Å². The molecule has 148 valence electrons. The van der Waals surface area contributed by atoms with Crippen LogP contribution in [0, 0.1) is 11.2 Å². The Bertz CT molecular complexity index is 673. The summed E-state index contributed by atoms with van der Waals surface area (Å²) < 4.78 is 13.0. The van der Waals surface area contributed by atoms with Crippen LogP contribution >= 0.6 is 0 Å². The molecule has 0 bridgehead atoms. The minimum absolute atomic E-state index is 0.0329. The standard InChI is InChI=1S/C20H29FN4O2/c1-16(26)25-9-7-20(2,15-25)19(27)22-8-10-23-11-13-24(14-12-23)18-5-3-17(21)4-6-18/h3-6H,7-15H2,1-2H3,(H,22,27). The zero-order valence-corrected chi connectivity index (χ0v) is 16.2. The third-order valence-electron chi connectivity index (χ3n) is 5.74. The second-order valence-electron chi connectivity index (χ2n) is 7.81. The minimum Gasteiger partial charge on any atom is -0.369 e. The maximum Gasteiger partial charge on any atom is 0.227 e. The van der Waals surface area contributed by atoms with E-state index in [1.54, 1.807) is 11.8 Å². The number of carbonyl (C=O) groups is 2. The topological polar surface area (TPSA) is 55.9 Å². The van der Waals surface area contributed by atoms with Gasteiger partial charge in [-0.2, -0.15) is 0 Å². The second kappa shape index (κ2) is 8.25. The number of benzene rings is 1. The van der Waals surface area contributed by atoms with Crippen LogP contribution in [0.3, 0.4) is 0 Å². The average Bonchev–Trinajstić information content (AvgIpc) is 3.07. The van der Waals surface area contributed by atoms with Gasteiger partial charge in [-0.3, -0.25) is 14.5 Å². The average molecular weight is 376 g/mol. The number of halogens is 1. The summed E-state index contributed by atoms with van der Waals surface area (Å²) >= 11 is 0. The van der Waals surface area contributed by atoms with Crippen molar-refractivity contribution in [1.29, 1.82) is 0 Å². The molecule has 0 saturated carbocycles. The lowest BCUT2D eigenvalue weighted by molar-refractivity contribution is -0.131. The number of piperazine rings is 1. The fraction of sp³-hybridized carbons (Fsp3) is 0.600. The molecule has 3 rings (SSSR count). The van der Waals surface area contributed by atoms with E-state index >= 15 is 0 Å². The van der Waals surface area contributed by atoms with Crippen LogP contribution in [0.2, 0.25) is 0 Å². The molecule has 1 aromatic carbocycles. The van der Waals surface area contributed by atoms with Crippen LogP contribution in [0.25, 0.3) is 0 Å². The summed E-state index contributed by atoms with van der Waals surface area (Å²) in [5.41, 5.74) is 0.570. The Morgan fingerprint density at radius 2 is 1.78 bits per heavy atom. The van der Waals surface area contributed by atoms with Gasteiger partial charge in [0.2, 0.25) is 11.8 Å². The van der Waals surface area contributed by atoms with E-state index in [2.05, 4.69) is 15.1 Å². The van der Waals surface area contributed by atoms with Crippen LogP contribution in [-0.2, 0) is 9.59 Å². The van der Waals surface area contributed by atoms with Crippen LogP contribution in [0.4, 0.5) is 10.1 Å². The quantitative estimate of drug-likeness (QED) is 0.842. The normalized spacial score (nSPS) is 23.5. The molecule has 0 aliphatic carbocycles. The van der Waals surface area contributed by atoms with Crippen molar-refractivity contribution in [2.24, 2.45) is 5.41 Å². The summed E-state index contributed by atoms with van der Waals surface area (Å²) in [5, 5.41) is 3.05. The largest absolute Gasteiger partial charge is 0.369 e.